The molecule has 5 heteroatoms. The Morgan fingerprint density at radius 3 is 2.68 bits per heavy atom. The number of halogens is 1. The fraction of sp³-hybridized carbons (Fsp3) is 0.724. The number of methoxy groups -OCH3 is 1. The number of allylic oxidation sites excluding steroid dienone is 1. The zero-order valence-corrected chi connectivity index (χ0v) is 20.9. The summed E-state index contributed by atoms with van der Waals surface area (Å²) in [6.07, 6.45) is 8.33. The van der Waals surface area contributed by atoms with Crippen LogP contribution in [-0.2, 0) is 6.54 Å². The lowest BCUT2D eigenvalue weighted by atomic mass is 9.39. The van der Waals surface area contributed by atoms with Crippen LogP contribution in [0.15, 0.2) is 30.4 Å². The van der Waals surface area contributed by atoms with Crippen LogP contribution in [0.25, 0.3) is 0 Å². The summed E-state index contributed by atoms with van der Waals surface area (Å²) in [5.74, 6) is 2.61. The van der Waals surface area contributed by atoms with E-state index in [1.165, 1.54) is 43.7 Å². The molecule has 0 bridgehead atoms. The molecule has 4 fully saturated rings. The van der Waals surface area contributed by atoms with Crippen molar-refractivity contribution in [1.29, 1.82) is 0 Å². The Hall–Kier alpha value is -1.43. The molecular formula is C29H42FNO3. The van der Waals surface area contributed by atoms with E-state index in [1.54, 1.807) is 7.11 Å². The van der Waals surface area contributed by atoms with Crippen LogP contribution in [0.3, 0.4) is 0 Å². The second-order valence-electron chi connectivity index (χ2n) is 11.9. The number of hydrogen-bond donors (Lipinski definition) is 3. The standard InChI is InChI=1S/C29H42FNO3/c1-18-4-7-25-24(16-31-15-19-5-6-23(34-3)14-27(19)30)26(9-10-28(18,25)2)29-11-8-20(29)12-22(33)13-21(29)17-32/h5-6,14,20-22,24-26,31-33H,1,4,7-13,15-17H2,2-3H3/t20?,21-,22+,24+,25+,26+,28-,29+/m1/s1. The van der Waals surface area contributed by atoms with Crippen LogP contribution in [0, 0.1) is 46.2 Å². The number of fused-ring (bicyclic) bond motifs is 2. The molecule has 0 saturated heterocycles. The maximum absolute atomic E-state index is 14.6. The highest BCUT2D eigenvalue weighted by Gasteiger charge is 2.63. The maximum Gasteiger partial charge on any atom is 0.131 e. The third-order valence-electron chi connectivity index (χ3n) is 10.8. The third-order valence-corrected chi connectivity index (χ3v) is 10.8. The van der Waals surface area contributed by atoms with Gasteiger partial charge in [0.05, 0.1) is 13.2 Å². The number of nitrogens with one attached hydrogen (secondary N) is 1. The molecule has 3 N–H and O–H groups in total. The Morgan fingerprint density at radius 1 is 1.18 bits per heavy atom. The number of aliphatic hydroxyl groups is 2. The van der Waals surface area contributed by atoms with E-state index < -0.39 is 0 Å². The molecule has 0 radical (unpaired) electrons. The first-order valence-electron chi connectivity index (χ1n) is 13.3. The Bertz CT molecular complexity index is 921. The van der Waals surface area contributed by atoms with Crippen molar-refractivity contribution in [2.45, 2.75) is 70.9 Å². The average Bonchev–Trinajstić information content (AvgIpc) is 3.12. The molecule has 1 aromatic carbocycles. The normalized spacial score (nSPS) is 41.5. The van der Waals surface area contributed by atoms with Crippen LogP contribution in [-0.4, -0.2) is 36.6 Å². The lowest BCUT2D eigenvalue weighted by Crippen LogP contribution is -2.61. The largest absolute Gasteiger partial charge is 0.497 e. The van der Waals surface area contributed by atoms with E-state index in [0.29, 0.717) is 41.5 Å². The molecule has 4 nitrogen and oxygen atoms in total. The van der Waals surface area contributed by atoms with Gasteiger partial charge in [0.15, 0.2) is 0 Å². The summed E-state index contributed by atoms with van der Waals surface area (Å²) in [6, 6.07) is 5.08. The quantitative estimate of drug-likeness (QED) is 0.485. The van der Waals surface area contributed by atoms with Crippen molar-refractivity contribution < 1.29 is 19.3 Å². The van der Waals surface area contributed by atoms with Crippen LogP contribution in [0.5, 0.6) is 5.75 Å². The van der Waals surface area contributed by atoms with Gasteiger partial charge in [-0.15, -0.1) is 0 Å². The number of ether oxygens (including phenoxy) is 1. The highest BCUT2D eigenvalue weighted by molar-refractivity contribution is 5.29. The summed E-state index contributed by atoms with van der Waals surface area (Å²) in [5.41, 5.74) is 2.41. The molecule has 8 atom stereocenters. The topological polar surface area (TPSA) is 61.7 Å². The number of rotatable bonds is 7. The monoisotopic (exact) mass is 471 g/mol. The summed E-state index contributed by atoms with van der Waals surface area (Å²) >= 11 is 0. The summed E-state index contributed by atoms with van der Waals surface area (Å²) in [5, 5.41) is 24.5. The van der Waals surface area contributed by atoms with Gasteiger partial charge in [-0.3, -0.25) is 0 Å². The molecule has 34 heavy (non-hydrogen) atoms. The number of hydrogen-bond acceptors (Lipinski definition) is 4. The Balaban J connectivity index is 1.39. The molecular weight excluding hydrogens is 429 g/mol. The van der Waals surface area contributed by atoms with Gasteiger partial charge in [0.1, 0.15) is 11.6 Å². The van der Waals surface area contributed by atoms with E-state index >= 15 is 0 Å². The van der Waals surface area contributed by atoms with Crippen LogP contribution in [0.1, 0.15) is 63.9 Å². The molecule has 0 amide bonds. The van der Waals surface area contributed by atoms with E-state index in [2.05, 4.69) is 18.8 Å². The smallest absolute Gasteiger partial charge is 0.131 e. The molecule has 0 heterocycles. The van der Waals surface area contributed by atoms with E-state index in [4.69, 9.17) is 4.74 Å². The molecule has 188 valence electrons. The van der Waals surface area contributed by atoms with Crippen molar-refractivity contribution in [3.05, 3.63) is 41.7 Å². The first kappa shape index (κ1) is 24.3. The van der Waals surface area contributed by atoms with Gasteiger partial charge >= 0.3 is 0 Å². The minimum Gasteiger partial charge on any atom is -0.497 e. The van der Waals surface area contributed by atoms with Crippen molar-refractivity contribution in [1.82, 2.24) is 5.32 Å². The van der Waals surface area contributed by atoms with Gasteiger partial charge in [0.2, 0.25) is 0 Å². The number of aliphatic hydroxyl groups excluding tert-OH is 2. The fourth-order valence-corrected chi connectivity index (χ4v) is 8.88. The predicted octanol–water partition coefficient (Wildman–Crippen LogP) is 5.08. The Labute approximate surface area is 204 Å². The second-order valence-corrected chi connectivity index (χ2v) is 11.9. The van der Waals surface area contributed by atoms with Gasteiger partial charge in [0, 0.05) is 24.8 Å². The van der Waals surface area contributed by atoms with E-state index in [-0.39, 0.29) is 35.3 Å². The van der Waals surface area contributed by atoms with E-state index in [1.807, 2.05) is 12.1 Å². The SMILES string of the molecule is C=C1CC[C@H]2[C@H](CNCc3ccc(OC)cc3F)[C@@H]([C@@]34CCC3C[C@H](O)C[C@@H]4CO)CC[C@]12C. The molecule has 0 aromatic heterocycles. The number of benzene rings is 1. The van der Waals surface area contributed by atoms with Crippen molar-refractivity contribution >= 4 is 0 Å². The first-order valence-corrected chi connectivity index (χ1v) is 13.3. The third kappa shape index (κ3) is 3.74. The molecule has 4 aliphatic rings. The van der Waals surface area contributed by atoms with Gasteiger partial charge in [-0.05, 0) is 104 Å². The van der Waals surface area contributed by atoms with Crippen LogP contribution in [0.2, 0.25) is 0 Å². The van der Waals surface area contributed by atoms with Crippen LogP contribution < -0.4 is 10.1 Å². The van der Waals surface area contributed by atoms with Gasteiger partial charge < -0.3 is 20.3 Å². The zero-order chi connectivity index (χ0) is 24.1. The van der Waals surface area contributed by atoms with Crippen molar-refractivity contribution in [2.75, 3.05) is 20.3 Å². The average molecular weight is 472 g/mol. The van der Waals surface area contributed by atoms with Crippen molar-refractivity contribution in [3.63, 3.8) is 0 Å². The minimum absolute atomic E-state index is 0.150. The molecule has 5 rings (SSSR count). The summed E-state index contributed by atoms with van der Waals surface area (Å²) < 4.78 is 19.7. The van der Waals surface area contributed by atoms with Gasteiger partial charge in [0.25, 0.3) is 0 Å². The Morgan fingerprint density at radius 2 is 2.00 bits per heavy atom. The van der Waals surface area contributed by atoms with Gasteiger partial charge in [-0.25, -0.2) is 4.39 Å². The highest BCUT2D eigenvalue weighted by Crippen LogP contribution is 2.69. The molecule has 1 aromatic rings. The fourth-order valence-electron chi connectivity index (χ4n) is 8.88. The zero-order valence-electron chi connectivity index (χ0n) is 20.9. The van der Waals surface area contributed by atoms with Crippen LogP contribution >= 0.6 is 0 Å². The maximum atomic E-state index is 14.6. The molecule has 4 saturated carbocycles. The summed E-state index contributed by atoms with van der Waals surface area (Å²) in [4.78, 5) is 0. The van der Waals surface area contributed by atoms with Crippen molar-refractivity contribution in [3.8, 4) is 5.75 Å². The van der Waals surface area contributed by atoms with Gasteiger partial charge in [-0.2, -0.15) is 0 Å². The lowest BCUT2D eigenvalue weighted by Gasteiger charge is -2.66. The second kappa shape index (κ2) is 9.22. The summed E-state index contributed by atoms with van der Waals surface area (Å²) in [7, 11) is 1.55. The van der Waals surface area contributed by atoms with E-state index in [9.17, 15) is 14.6 Å². The summed E-state index contributed by atoms with van der Waals surface area (Å²) in [6.45, 7) is 8.43. The lowest BCUT2D eigenvalue weighted by molar-refractivity contribution is -0.189. The molecule has 4 aliphatic carbocycles. The minimum atomic E-state index is -0.273. The molecule has 0 spiro atoms. The molecule has 0 aliphatic heterocycles. The molecule has 1 unspecified atom stereocenters. The van der Waals surface area contributed by atoms with E-state index in [0.717, 1.165) is 25.8 Å². The van der Waals surface area contributed by atoms with Gasteiger partial charge in [-0.1, -0.05) is 25.1 Å². The highest BCUT2D eigenvalue weighted by atomic mass is 19.1. The van der Waals surface area contributed by atoms with Crippen LogP contribution in [0.4, 0.5) is 4.39 Å². The Kier molecular flexibility index (Phi) is 6.58. The first-order chi connectivity index (χ1) is 16.3. The predicted molar refractivity (Wildman–Crippen MR) is 132 cm³/mol. The van der Waals surface area contributed by atoms with Crippen molar-refractivity contribution in [2.24, 2.45) is 40.4 Å².